The van der Waals surface area contributed by atoms with E-state index in [4.69, 9.17) is 5.11 Å². The summed E-state index contributed by atoms with van der Waals surface area (Å²) in [5, 5.41) is 18.6. The van der Waals surface area contributed by atoms with Gasteiger partial charge in [-0.1, -0.05) is 0 Å². The van der Waals surface area contributed by atoms with Crippen molar-refractivity contribution in [3.05, 3.63) is 0 Å². The first-order valence-electron chi connectivity index (χ1n) is 4.54. The SMILES string of the molecule is O=C(O)CC1(O)CCC2CC1C2. The molecule has 0 amide bonds. The number of aliphatic hydroxyl groups is 1. The maximum atomic E-state index is 10.5. The van der Waals surface area contributed by atoms with Crippen molar-refractivity contribution in [2.24, 2.45) is 11.8 Å². The van der Waals surface area contributed by atoms with Crippen LogP contribution in [0.2, 0.25) is 0 Å². The predicted octanol–water partition coefficient (Wildman–Crippen LogP) is 1.01. The summed E-state index contributed by atoms with van der Waals surface area (Å²) in [6.07, 6.45) is 3.73. The first-order valence-corrected chi connectivity index (χ1v) is 4.54. The highest BCUT2D eigenvalue weighted by molar-refractivity contribution is 5.68. The number of carbonyl (C=O) groups is 1. The van der Waals surface area contributed by atoms with E-state index in [1.54, 1.807) is 0 Å². The molecule has 0 heterocycles. The molecule has 2 N–H and O–H groups in total. The van der Waals surface area contributed by atoms with Crippen molar-refractivity contribution < 1.29 is 15.0 Å². The van der Waals surface area contributed by atoms with Crippen LogP contribution in [0, 0.1) is 11.8 Å². The van der Waals surface area contributed by atoms with E-state index >= 15 is 0 Å². The summed E-state index contributed by atoms with van der Waals surface area (Å²) in [6, 6.07) is 0. The van der Waals surface area contributed by atoms with Crippen LogP contribution in [0.1, 0.15) is 32.1 Å². The fourth-order valence-corrected chi connectivity index (χ4v) is 2.56. The van der Waals surface area contributed by atoms with E-state index in [1.807, 2.05) is 0 Å². The maximum Gasteiger partial charge on any atom is 0.306 e. The Morgan fingerprint density at radius 1 is 1.50 bits per heavy atom. The summed E-state index contributed by atoms with van der Waals surface area (Å²) in [5.74, 6) is 0.180. The van der Waals surface area contributed by atoms with Crippen molar-refractivity contribution in [1.29, 1.82) is 0 Å². The average molecular weight is 170 g/mol. The monoisotopic (exact) mass is 170 g/mol. The maximum absolute atomic E-state index is 10.5. The van der Waals surface area contributed by atoms with Gasteiger partial charge < -0.3 is 10.2 Å². The molecule has 3 heteroatoms. The minimum Gasteiger partial charge on any atom is -0.481 e. The van der Waals surface area contributed by atoms with Crippen LogP contribution in [0.25, 0.3) is 0 Å². The predicted molar refractivity (Wildman–Crippen MR) is 42.7 cm³/mol. The molecule has 2 bridgehead atoms. The second-order valence-electron chi connectivity index (χ2n) is 4.25. The third-order valence-corrected chi connectivity index (χ3v) is 3.44. The summed E-state index contributed by atoms with van der Waals surface area (Å²) in [6.45, 7) is 0. The molecule has 0 aromatic carbocycles. The quantitative estimate of drug-likeness (QED) is 0.650. The van der Waals surface area contributed by atoms with E-state index in [-0.39, 0.29) is 12.3 Å². The van der Waals surface area contributed by atoms with Gasteiger partial charge >= 0.3 is 5.97 Å². The fourth-order valence-electron chi connectivity index (χ4n) is 2.56. The minimum absolute atomic E-state index is 0.0651. The van der Waals surface area contributed by atoms with Gasteiger partial charge in [0.05, 0.1) is 12.0 Å². The molecule has 0 saturated heterocycles. The Hall–Kier alpha value is -0.570. The molecular weight excluding hydrogens is 156 g/mol. The Kier molecular flexibility index (Phi) is 1.65. The number of hydrogen-bond acceptors (Lipinski definition) is 2. The van der Waals surface area contributed by atoms with Crippen molar-refractivity contribution in [3.8, 4) is 0 Å². The van der Waals surface area contributed by atoms with Gasteiger partial charge in [-0.2, -0.15) is 0 Å². The Labute approximate surface area is 71.4 Å². The number of carboxylic acids is 1. The Balaban J connectivity index is 2.03. The van der Waals surface area contributed by atoms with Crippen molar-refractivity contribution in [2.45, 2.75) is 37.7 Å². The molecule has 0 aliphatic heterocycles. The lowest BCUT2D eigenvalue weighted by atomic mass is 9.57. The van der Waals surface area contributed by atoms with Crippen LogP contribution in [0.15, 0.2) is 0 Å². The van der Waals surface area contributed by atoms with Crippen LogP contribution in [-0.4, -0.2) is 21.8 Å². The Morgan fingerprint density at radius 2 is 2.17 bits per heavy atom. The first-order chi connectivity index (χ1) is 5.60. The number of hydrogen-bond donors (Lipinski definition) is 2. The summed E-state index contributed by atoms with van der Waals surface area (Å²) in [4.78, 5) is 10.5. The zero-order valence-corrected chi connectivity index (χ0v) is 6.99. The Morgan fingerprint density at radius 3 is 2.58 bits per heavy atom. The van der Waals surface area contributed by atoms with Crippen LogP contribution in [0.3, 0.4) is 0 Å². The average Bonchev–Trinajstić information content (AvgIpc) is 1.80. The molecule has 0 radical (unpaired) electrons. The van der Waals surface area contributed by atoms with Gasteiger partial charge in [0.15, 0.2) is 0 Å². The number of aliphatic carboxylic acids is 1. The van der Waals surface area contributed by atoms with E-state index in [0.29, 0.717) is 6.42 Å². The number of rotatable bonds is 2. The molecule has 3 nitrogen and oxygen atoms in total. The lowest BCUT2D eigenvalue weighted by Crippen LogP contribution is -2.51. The molecular formula is C9H14O3. The molecule has 1 unspecified atom stereocenters. The molecule has 0 spiro atoms. The molecule has 3 fully saturated rings. The fraction of sp³-hybridized carbons (Fsp3) is 0.889. The smallest absolute Gasteiger partial charge is 0.306 e. The standard InChI is InChI=1S/C9H14O3/c10-8(11)5-9(12)2-1-6-3-7(9)4-6/h6-7,12H,1-5H2,(H,10,11). The summed E-state index contributed by atoms with van der Waals surface area (Å²) < 4.78 is 0. The van der Waals surface area contributed by atoms with Gasteiger partial charge in [0.25, 0.3) is 0 Å². The topological polar surface area (TPSA) is 57.5 Å². The van der Waals surface area contributed by atoms with Gasteiger partial charge in [-0.15, -0.1) is 0 Å². The zero-order valence-electron chi connectivity index (χ0n) is 6.99. The van der Waals surface area contributed by atoms with Gasteiger partial charge in [-0.25, -0.2) is 0 Å². The van der Waals surface area contributed by atoms with Crippen LogP contribution >= 0.6 is 0 Å². The highest BCUT2D eigenvalue weighted by Crippen LogP contribution is 2.52. The van der Waals surface area contributed by atoms with Gasteiger partial charge in [0.1, 0.15) is 0 Å². The van der Waals surface area contributed by atoms with Gasteiger partial charge in [-0.3, -0.25) is 4.79 Å². The highest BCUT2D eigenvalue weighted by Gasteiger charge is 2.50. The highest BCUT2D eigenvalue weighted by atomic mass is 16.4. The lowest BCUT2D eigenvalue weighted by Gasteiger charge is -2.51. The van der Waals surface area contributed by atoms with Crippen molar-refractivity contribution in [1.82, 2.24) is 0 Å². The second kappa shape index (κ2) is 2.46. The molecule has 3 aliphatic carbocycles. The third-order valence-electron chi connectivity index (χ3n) is 3.44. The molecule has 0 aromatic rings. The van der Waals surface area contributed by atoms with Crippen molar-refractivity contribution >= 4 is 5.97 Å². The first kappa shape index (κ1) is 8.05. The second-order valence-corrected chi connectivity index (χ2v) is 4.25. The van der Waals surface area contributed by atoms with Crippen LogP contribution in [0.4, 0.5) is 0 Å². The van der Waals surface area contributed by atoms with E-state index < -0.39 is 11.6 Å². The van der Waals surface area contributed by atoms with Crippen LogP contribution in [-0.2, 0) is 4.79 Å². The summed E-state index contributed by atoms with van der Waals surface area (Å²) in [5.41, 5.74) is -0.874. The largest absolute Gasteiger partial charge is 0.481 e. The van der Waals surface area contributed by atoms with Crippen molar-refractivity contribution in [2.75, 3.05) is 0 Å². The molecule has 3 rings (SSSR count). The molecule has 1 atom stereocenters. The number of carboxylic acid groups (broad SMARTS) is 1. The molecule has 0 aromatic heterocycles. The Bertz CT molecular complexity index is 205. The van der Waals surface area contributed by atoms with E-state index in [2.05, 4.69) is 0 Å². The van der Waals surface area contributed by atoms with Crippen LogP contribution in [0.5, 0.6) is 0 Å². The van der Waals surface area contributed by atoms with E-state index in [9.17, 15) is 9.90 Å². The van der Waals surface area contributed by atoms with Crippen LogP contribution < -0.4 is 0 Å². The molecule has 3 aliphatic rings. The minimum atomic E-state index is -0.874. The number of fused-ring (bicyclic) bond motifs is 2. The molecule has 3 saturated carbocycles. The zero-order chi connectivity index (χ0) is 8.77. The summed E-state index contributed by atoms with van der Waals surface area (Å²) in [7, 11) is 0. The van der Waals surface area contributed by atoms with Crippen molar-refractivity contribution in [3.63, 3.8) is 0 Å². The normalized spacial score (nSPS) is 45.1. The lowest BCUT2D eigenvalue weighted by molar-refractivity contribution is -0.158. The van der Waals surface area contributed by atoms with E-state index in [1.165, 1.54) is 0 Å². The van der Waals surface area contributed by atoms with Gasteiger partial charge in [0.2, 0.25) is 0 Å². The molecule has 12 heavy (non-hydrogen) atoms. The van der Waals surface area contributed by atoms with E-state index in [0.717, 1.165) is 25.2 Å². The summed E-state index contributed by atoms with van der Waals surface area (Å²) >= 11 is 0. The molecule has 68 valence electrons. The third kappa shape index (κ3) is 1.12. The van der Waals surface area contributed by atoms with Gasteiger partial charge in [0, 0.05) is 0 Å². The van der Waals surface area contributed by atoms with Gasteiger partial charge in [-0.05, 0) is 37.5 Å².